The average molecular weight is 260 g/mol. The van der Waals surface area contributed by atoms with E-state index in [-0.39, 0.29) is 16.9 Å². The molecule has 0 fully saturated rings. The van der Waals surface area contributed by atoms with Crippen LogP contribution >= 0.6 is 11.6 Å². The van der Waals surface area contributed by atoms with Gasteiger partial charge in [0.25, 0.3) is 0 Å². The topological polar surface area (TPSA) is 61.9 Å². The van der Waals surface area contributed by atoms with E-state index in [9.17, 15) is 4.39 Å². The number of hydrogen-bond acceptors (Lipinski definition) is 3. The standard InChI is InChI=1S/C11H15ClFN3O/c1-7(11(14)15-17)16(2)6-8-4-3-5-9(12)10(8)13/h3-5,7,17H,6H2,1-2H3,(H2,14,15). The monoisotopic (exact) mass is 259 g/mol. The van der Waals surface area contributed by atoms with Crippen LogP contribution in [0.15, 0.2) is 23.4 Å². The van der Waals surface area contributed by atoms with Gasteiger partial charge in [0.1, 0.15) is 5.82 Å². The molecule has 0 radical (unpaired) electrons. The van der Waals surface area contributed by atoms with Gasteiger partial charge in [0.05, 0.1) is 11.1 Å². The molecule has 0 amide bonds. The van der Waals surface area contributed by atoms with Crippen molar-refractivity contribution in [2.24, 2.45) is 10.9 Å². The summed E-state index contributed by atoms with van der Waals surface area (Å²) < 4.78 is 13.6. The molecular formula is C11H15ClFN3O. The molecule has 0 heterocycles. The Bertz CT molecular complexity index is 425. The van der Waals surface area contributed by atoms with Gasteiger partial charge >= 0.3 is 0 Å². The number of amidine groups is 1. The van der Waals surface area contributed by atoms with Crippen molar-refractivity contribution < 1.29 is 9.60 Å². The molecule has 0 aliphatic heterocycles. The van der Waals surface area contributed by atoms with Crippen LogP contribution in [0, 0.1) is 5.82 Å². The van der Waals surface area contributed by atoms with Crippen molar-refractivity contribution in [1.29, 1.82) is 0 Å². The van der Waals surface area contributed by atoms with Crippen molar-refractivity contribution in [2.45, 2.75) is 19.5 Å². The molecule has 0 aliphatic rings. The van der Waals surface area contributed by atoms with E-state index in [1.807, 2.05) is 0 Å². The van der Waals surface area contributed by atoms with Gasteiger partial charge in [-0.2, -0.15) is 0 Å². The summed E-state index contributed by atoms with van der Waals surface area (Å²) in [6.07, 6.45) is 0. The van der Waals surface area contributed by atoms with Crippen molar-refractivity contribution in [3.8, 4) is 0 Å². The second-order valence-corrected chi connectivity index (χ2v) is 4.24. The van der Waals surface area contributed by atoms with Crippen LogP contribution in [0.2, 0.25) is 5.02 Å². The summed E-state index contributed by atoms with van der Waals surface area (Å²) in [5.41, 5.74) is 5.95. The SMILES string of the molecule is CC(/C(N)=N/O)N(C)Cc1cccc(Cl)c1F. The summed E-state index contributed by atoms with van der Waals surface area (Å²) in [5, 5.41) is 11.6. The first kappa shape index (κ1) is 13.7. The third-order valence-corrected chi connectivity index (χ3v) is 2.95. The molecule has 0 saturated heterocycles. The van der Waals surface area contributed by atoms with Crippen LogP contribution < -0.4 is 5.73 Å². The Morgan fingerprint density at radius 3 is 2.88 bits per heavy atom. The van der Waals surface area contributed by atoms with Crippen LogP contribution in [0.3, 0.4) is 0 Å². The van der Waals surface area contributed by atoms with E-state index in [0.717, 1.165) is 0 Å². The minimum Gasteiger partial charge on any atom is -0.409 e. The Balaban J connectivity index is 2.81. The van der Waals surface area contributed by atoms with Crippen LogP contribution in [0.4, 0.5) is 4.39 Å². The Hall–Kier alpha value is -1.33. The molecule has 6 heteroatoms. The Morgan fingerprint density at radius 1 is 1.65 bits per heavy atom. The molecule has 17 heavy (non-hydrogen) atoms. The fraction of sp³-hybridized carbons (Fsp3) is 0.364. The highest BCUT2D eigenvalue weighted by Crippen LogP contribution is 2.19. The lowest BCUT2D eigenvalue weighted by molar-refractivity contribution is 0.276. The summed E-state index contributed by atoms with van der Waals surface area (Å²) in [4.78, 5) is 1.75. The zero-order valence-electron chi connectivity index (χ0n) is 9.69. The number of rotatable bonds is 4. The number of hydrogen-bond donors (Lipinski definition) is 2. The van der Waals surface area contributed by atoms with Crippen molar-refractivity contribution in [2.75, 3.05) is 7.05 Å². The van der Waals surface area contributed by atoms with E-state index in [1.54, 1.807) is 31.0 Å². The molecule has 4 nitrogen and oxygen atoms in total. The van der Waals surface area contributed by atoms with E-state index in [0.29, 0.717) is 12.1 Å². The van der Waals surface area contributed by atoms with Gasteiger partial charge in [0.15, 0.2) is 5.84 Å². The second-order valence-electron chi connectivity index (χ2n) is 3.83. The number of nitrogens with two attached hydrogens (primary N) is 1. The number of halogens is 2. The quantitative estimate of drug-likeness (QED) is 0.377. The first-order chi connectivity index (χ1) is 7.97. The maximum Gasteiger partial charge on any atom is 0.156 e. The number of likely N-dealkylation sites (N-methyl/N-ethyl adjacent to an activating group) is 1. The van der Waals surface area contributed by atoms with Crippen LogP contribution in [0.25, 0.3) is 0 Å². The summed E-state index contributed by atoms with van der Waals surface area (Å²) in [5.74, 6) is -0.359. The third kappa shape index (κ3) is 3.31. The fourth-order valence-electron chi connectivity index (χ4n) is 1.39. The maximum absolute atomic E-state index is 13.6. The summed E-state index contributed by atoms with van der Waals surface area (Å²) >= 11 is 5.68. The lowest BCUT2D eigenvalue weighted by atomic mass is 10.1. The van der Waals surface area contributed by atoms with Crippen LogP contribution in [0.5, 0.6) is 0 Å². The van der Waals surface area contributed by atoms with E-state index < -0.39 is 5.82 Å². The minimum atomic E-state index is -0.437. The van der Waals surface area contributed by atoms with Crippen LogP contribution in [-0.4, -0.2) is 29.0 Å². The Kier molecular flexibility index (Phi) is 4.72. The predicted molar refractivity (Wildman–Crippen MR) is 65.7 cm³/mol. The van der Waals surface area contributed by atoms with Gasteiger partial charge in [0, 0.05) is 12.1 Å². The molecule has 1 unspecified atom stereocenters. The number of benzene rings is 1. The molecule has 1 aromatic carbocycles. The van der Waals surface area contributed by atoms with Gasteiger partial charge < -0.3 is 10.9 Å². The molecule has 94 valence electrons. The molecule has 1 aromatic rings. The lowest BCUT2D eigenvalue weighted by Gasteiger charge is -2.23. The molecule has 1 rings (SSSR count). The van der Waals surface area contributed by atoms with Crippen LogP contribution in [-0.2, 0) is 6.54 Å². The maximum atomic E-state index is 13.6. The Labute approximate surface area is 104 Å². The highest BCUT2D eigenvalue weighted by Gasteiger charge is 2.16. The van der Waals surface area contributed by atoms with E-state index in [1.165, 1.54) is 6.07 Å². The van der Waals surface area contributed by atoms with Crippen molar-refractivity contribution >= 4 is 17.4 Å². The summed E-state index contributed by atoms with van der Waals surface area (Å²) in [7, 11) is 1.75. The fourth-order valence-corrected chi connectivity index (χ4v) is 1.58. The minimum absolute atomic E-state index is 0.0786. The molecule has 0 saturated carbocycles. The molecule has 3 N–H and O–H groups in total. The third-order valence-electron chi connectivity index (χ3n) is 2.66. The van der Waals surface area contributed by atoms with Crippen LogP contribution in [0.1, 0.15) is 12.5 Å². The van der Waals surface area contributed by atoms with Crippen molar-refractivity contribution in [3.63, 3.8) is 0 Å². The van der Waals surface area contributed by atoms with Gasteiger partial charge in [0.2, 0.25) is 0 Å². The normalized spacial score (nSPS) is 14.1. The van der Waals surface area contributed by atoms with Gasteiger partial charge in [-0.1, -0.05) is 28.9 Å². The van der Waals surface area contributed by atoms with Crippen molar-refractivity contribution in [1.82, 2.24) is 4.90 Å². The predicted octanol–water partition coefficient (Wildman–Crippen LogP) is 2.05. The number of nitrogens with zero attached hydrogens (tertiary/aromatic N) is 2. The zero-order valence-corrected chi connectivity index (χ0v) is 10.4. The molecule has 0 bridgehead atoms. The molecule has 0 aliphatic carbocycles. The lowest BCUT2D eigenvalue weighted by Crippen LogP contribution is -2.40. The van der Waals surface area contributed by atoms with E-state index >= 15 is 0 Å². The highest BCUT2D eigenvalue weighted by atomic mass is 35.5. The molecule has 1 atom stereocenters. The molecule has 0 aromatic heterocycles. The molecular weight excluding hydrogens is 245 g/mol. The smallest absolute Gasteiger partial charge is 0.156 e. The van der Waals surface area contributed by atoms with Gasteiger partial charge in [-0.05, 0) is 20.0 Å². The molecule has 0 spiro atoms. The average Bonchev–Trinajstić information content (AvgIpc) is 2.32. The largest absolute Gasteiger partial charge is 0.409 e. The van der Waals surface area contributed by atoms with Gasteiger partial charge in [-0.25, -0.2) is 4.39 Å². The van der Waals surface area contributed by atoms with Crippen molar-refractivity contribution in [3.05, 3.63) is 34.6 Å². The van der Waals surface area contributed by atoms with E-state index in [4.69, 9.17) is 22.5 Å². The highest BCUT2D eigenvalue weighted by molar-refractivity contribution is 6.30. The van der Waals surface area contributed by atoms with Gasteiger partial charge in [-0.3, -0.25) is 4.90 Å². The Morgan fingerprint density at radius 2 is 2.29 bits per heavy atom. The summed E-state index contributed by atoms with van der Waals surface area (Å²) in [6.45, 7) is 2.08. The van der Waals surface area contributed by atoms with Gasteiger partial charge in [-0.15, -0.1) is 0 Å². The van der Waals surface area contributed by atoms with E-state index in [2.05, 4.69) is 5.16 Å². The first-order valence-electron chi connectivity index (χ1n) is 5.08. The number of oxime groups is 1. The second kappa shape index (κ2) is 5.84. The first-order valence-corrected chi connectivity index (χ1v) is 5.45. The summed E-state index contributed by atoms with van der Waals surface area (Å²) in [6, 6.07) is 4.53. The zero-order chi connectivity index (χ0) is 13.0.